The van der Waals surface area contributed by atoms with E-state index < -0.39 is 17.6 Å². The molecule has 3 N–H and O–H groups in total. The van der Waals surface area contributed by atoms with Gasteiger partial charge in [0.15, 0.2) is 0 Å². The fourth-order valence-corrected chi connectivity index (χ4v) is 2.81. The summed E-state index contributed by atoms with van der Waals surface area (Å²) in [4.78, 5) is 37.2. The molecule has 0 unspecified atom stereocenters. The number of anilines is 4. The molecule has 0 radical (unpaired) electrons. The highest BCUT2D eigenvalue weighted by atomic mass is 19.1. The van der Waals surface area contributed by atoms with E-state index in [4.69, 9.17) is 0 Å². The first kappa shape index (κ1) is 20.6. The summed E-state index contributed by atoms with van der Waals surface area (Å²) >= 11 is 0. The van der Waals surface area contributed by atoms with Crippen molar-refractivity contribution in [1.82, 2.24) is 15.0 Å². The normalized spacial score (nSPS) is 10.3. The molecule has 0 aliphatic heterocycles. The number of pyridine rings is 1. The zero-order chi connectivity index (χ0) is 22.3. The van der Waals surface area contributed by atoms with Crippen LogP contribution in [0.4, 0.5) is 27.4 Å². The molecule has 0 spiro atoms. The van der Waals surface area contributed by atoms with Crippen LogP contribution in [0, 0.1) is 5.82 Å². The summed E-state index contributed by atoms with van der Waals surface area (Å²) in [7, 11) is 0. The van der Waals surface area contributed by atoms with E-state index in [1.807, 2.05) is 0 Å². The molecule has 2 heterocycles. The number of nitrogens with zero attached hydrogens (tertiary/aromatic N) is 3. The number of carbonyl (C=O) groups is 2. The maximum absolute atomic E-state index is 13.3. The molecule has 32 heavy (non-hydrogen) atoms. The van der Waals surface area contributed by atoms with Crippen molar-refractivity contribution in [3.8, 4) is 0 Å². The smallest absolute Gasteiger partial charge is 0.274 e. The summed E-state index contributed by atoms with van der Waals surface area (Å²) in [6, 6.07) is 17.0. The van der Waals surface area contributed by atoms with Crippen molar-refractivity contribution in [2.24, 2.45) is 0 Å². The third kappa shape index (κ3) is 5.28. The lowest BCUT2D eigenvalue weighted by Crippen LogP contribution is -2.15. The highest BCUT2D eigenvalue weighted by Gasteiger charge is 2.11. The Morgan fingerprint density at radius 2 is 1.47 bits per heavy atom. The van der Waals surface area contributed by atoms with Crippen molar-refractivity contribution in [3.63, 3.8) is 0 Å². The first-order chi connectivity index (χ1) is 15.6. The molecule has 2 amide bonds. The van der Waals surface area contributed by atoms with Crippen LogP contribution in [0.5, 0.6) is 0 Å². The lowest BCUT2D eigenvalue weighted by Gasteiger charge is -2.10. The van der Waals surface area contributed by atoms with Gasteiger partial charge in [-0.25, -0.2) is 14.4 Å². The average molecular weight is 428 g/mol. The summed E-state index contributed by atoms with van der Waals surface area (Å²) in [5.41, 5.74) is 1.98. The molecule has 0 bridgehead atoms. The Labute approximate surface area is 182 Å². The van der Waals surface area contributed by atoms with E-state index in [2.05, 4.69) is 30.9 Å². The minimum Gasteiger partial charge on any atom is -0.324 e. The first-order valence-corrected chi connectivity index (χ1v) is 9.55. The molecule has 0 aliphatic carbocycles. The van der Waals surface area contributed by atoms with Crippen LogP contribution in [-0.4, -0.2) is 26.8 Å². The molecule has 0 aliphatic rings. The Morgan fingerprint density at radius 3 is 2.22 bits per heavy atom. The van der Waals surface area contributed by atoms with E-state index in [0.717, 1.165) is 11.8 Å². The molecule has 2 aromatic carbocycles. The fraction of sp³-hybridized carbons (Fsp3) is 0. The van der Waals surface area contributed by atoms with Crippen molar-refractivity contribution in [3.05, 3.63) is 102 Å². The van der Waals surface area contributed by atoms with E-state index in [0.29, 0.717) is 11.4 Å². The standard InChI is InChI=1S/C23H17FN6O2/c24-16-4-1-3-15(13-16)21(31)27-18-5-2-6-19(14-18)28-22(32)20-9-12-26-23(30-20)29-17-7-10-25-11-8-17/h1-14H,(H,27,31)(H,28,32)(H,25,26,29,30). The maximum atomic E-state index is 13.3. The third-order valence-electron chi connectivity index (χ3n) is 4.29. The molecule has 4 aromatic rings. The van der Waals surface area contributed by atoms with Crippen LogP contribution < -0.4 is 16.0 Å². The topological polar surface area (TPSA) is 109 Å². The number of carbonyl (C=O) groups excluding carboxylic acids is 2. The molecule has 0 saturated carbocycles. The Hall–Kier alpha value is -4.66. The summed E-state index contributed by atoms with van der Waals surface area (Å²) in [5, 5.41) is 8.41. The number of benzene rings is 2. The second-order valence-corrected chi connectivity index (χ2v) is 6.63. The molecule has 2 aromatic heterocycles. The summed E-state index contributed by atoms with van der Waals surface area (Å²) in [5.74, 6) is -1.14. The number of aromatic nitrogens is 3. The van der Waals surface area contributed by atoms with Gasteiger partial charge in [0.1, 0.15) is 11.5 Å². The lowest BCUT2D eigenvalue weighted by atomic mass is 10.2. The SMILES string of the molecule is O=C(Nc1cccc(NC(=O)c2ccnc(Nc3ccncc3)n2)c1)c1cccc(F)c1. The van der Waals surface area contributed by atoms with E-state index in [1.165, 1.54) is 30.5 Å². The van der Waals surface area contributed by atoms with Crippen molar-refractivity contribution in [1.29, 1.82) is 0 Å². The van der Waals surface area contributed by atoms with Gasteiger partial charge in [0.2, 0.25) is 5.95 Å². The maximum Gasteiger partial charge on any atom is 0.274 e. The molecule has 158 valence electrons. The van der Waals surface area contributed by atoms with Crippen LogP contribution in [0.1, 0.15) is 20.8 Å². The van der Waals surface area contributed by atoms with Crippen molar-refractivity contribution in [2.45, 2.75) is 0 Å². The van der Waals surface area contributed by atoms with E-state index in [-0.39, 0.29) is 17.2 Å². The van der Waals surface area contributed by atoms with Gasteiger partial charge in [0, 0.05) is 41.2 Å². The number of rotatable bonds is 6. The van der Waals surface area contributed by atoms with Crippen molar-refractivity contribution >= 4 is 34.8 Å². The fourth-order valence-electron chi connectivity index (χ4n) is 2.81. The monoisotopic (exact) mass is 428 g/mol. The minimum absolute atomic E-state index is 0.158. The van der Waals surface area contributed by atoms with Crippen molar-refractivity contribution < 1.29 is 14.0 Å². The van der Waals surface area contributed by atoms with Crippen molar-refractivity contribution in [2.75, 3.05) is 16.0 Å². The Bertz CT molecular complexity index is 1270. The highest BCUT2D eigenvalue weighted by Crippen LogP contribution is 2.18. The van der Waals surface area contributed by atoms with E-state index in [1.54, 1.807) is 48.8 Å². The largest absolute Gasteiger partial charge is 0.324 e. The first-order valence-electron chi connectivity index (χ1n) is 9.55. The molecule has 8 nitrogen and oxygen atoms in total. The van der Waals surface area contributed by atoms with Crippen LogP contribution in [0.3, 0.4) is 0 Å². The summed E-state index contributed by atoms with van der Waals surface area (Å²) in [6.07, 6.45) is 4.72. The van der Waals surface area contributed by atoms with Crippen LogP contribution in [0.15, 0.2) is 85.3 Å². The number of hydrogen-bond donors (Lipinski definition) is 3. The van der Waals surface area contributed by atoms with Gasteiger partial charge in [0.05, 0.1) is 0 Å². The average Bonchev–Trinajstić information content (AvgIpc) is 2.80. The van der Waals surface area contributed by atoms with Gasteiger partial charge < -0.3 is 16.0 Å². The molecule has 0 atom stereocenters. The zero-order valence-corrected chi connectivity index (χ0v) is 16.6. The molecule has 0 fully saturated rings. The van der Waals surface area contributed by atoms with Gasteiger partial charge in [0.25, 0.3) is 11.8 Å². The quantitative estimate of drug-likeness (QED) is 0.423. The van der Waals surface area contributed by atoms with Crippen LogP contribution in [-0.2, 0) is 0 Å². The molecule has 0 saturated heterocycles. The van der Waals surface area contributed by atoms with Crippen LogP contribution in [0.25, 0.3) is 0 Å². The van der Waals surface area contributed by atoms with E-state index >= 15 is 0 Å². The minimum atomic E-state index is -0.499. The number of halogens is 1. The van der Waals surface area contributed by atoms with Gasteiger partial charge in [-0.15, -0.1) is 0 Å². The Morgan fingerprint density at radius 1 is 0.750 bits per heavy atom. The molecule has 4 rings (SSSR count). The summed E-state index contributed by atoms with van der Waals surface area (Å²) < 4.78 is 13.3. The lowest BCUT2D eigenvalue weighted by molar-refractivity contribution is 0.101. The Kier molecular flexibility index (Phi) is 6.08. The van der Waals surface area contributed by atoms with Crippen LogP contribution in [0.2, 0.25) is 0 Å². The van der Waals surface area contributed by atoms with Gasteiger partial charge in [-0.3, -0.25) is 14.6 Å². The summed E-state index contributed by atoms with van der Waals surface area (Å²) in [6.45, 7) is 0. The second kappa shape index (κ2) is 9.43. The third-order valence-corrected chi connectivity index (χ3v) is 4.29. The highest BCUT2D eigenvalue weighted by molar-refractivity contribution is 6.06. The van der Waals surface area contributed by atoms with Gasteiger partial charge in [-0.1, -0.05) is 12.1 Å². The number of hydrogen-bond acceptors (Lipinski definition) is 6. The predicted molar refractivity (Wildman–Crippen MR) is 118 cm³/mol. The van der Waals surface area contributed by atoms with Gasteiger partial charge >= 0.3 is 0 Å². The predicted octanol–water partition coefficient (Wildman–Crippen LogP) is 4.26. The second-order valence-electron chi connectivity index (χ2n) is 6.63. The van der Waals surface area contributed by atoms with Gasteiger partial charge in [-0.2, -0.15) is 0 Å². The molecular formula is C23H17FN6O2. The Balaban J connectivity index is 1.44. The molecular weight excluding hydrogens is 411 g/mol. The van der Waals surface area contributed by atoms with Gasteiger partial charge in [-0.05, 0) is 54.6 Å². The number of amides is 2. The number of nitrogens with one attached hydrogen (secondary N) is 3. The molecule has 9 heteroatoms. The van der Waals surface area contributed by atoms with Crippen LogP contribution >= 0.6 is 0 Å². The van der Waals surface area contributed by atoms with E-state index in [9.17, 15) is 14.0 Å². The zero-order valence-electron chi connectivity index (χ0n) is 16.6.